The molecule has 0 radical (unpaired) electrons. The van der Waals surface area contributed by atoms with Gasteiger partial charge in [0.05, 0.1) is 6.04 Å². The van der Waals surface area contributed by atoms with E-state index in [-0.39, 0.29) is 23.4 Å². The Balaban J connectivity index is 2.43. The van der Waals surface area contributed by atoms with E-state index in [0.29, 0.717) is 11.0 Å². The van der Waals surface area contributed by atoms with Gasteiger partial charge in [-0.2, -0.15) is 0 Å². The van der Waals surface area contributed by atoms with Gasteiger partial charge in [-0.05, 0) is 38.2 Å². The highest BCUT2D eigenvalue weighted by Crippen LogP contribution is 2.21. The van der Waals surface area contributed by atoms with Crippen molar-refractivity contribution in [2.75, 3.05) is 7.05 Å². The lowest BCUT2D eigenvalue weighted by atomic mass is 10.1. The van der Waals surface area contributed by atoms with Crippen LogP contribution in [0, 0.1) is 5.82 Å². The lowest BCUT2D eigenvalue weighted by Crippen LogP contribution is -2.30. The molecule has 4 heteroatoms. The number of ketones is 1. The summed E-state index contributed by atoms with van der Waals surface area (Å²) in [6, 6.07) is 5.42. The number of hydrogen-bond acceptors (Lipinski definition) is 3. The van der Waals surface area contributed by atoms with Gasteiger partial charge in [0.2, 0.25) is 5.78 Å². The fraction of sp³-hybridized carbons (Fsp3) is 0.250. The van der Waals surface area contributed by atoms with Crippen molar-refractivity contribution in [1.29, 1.82) is 0 Å². The molecule has 1 N–H and O–H groups in total. The molecule has 2 rings (SSSR count). The molecule has 1 atom stereocenters. The second-order valence-corrected chi connectivity index (χ2v) is 3.67. The molecule has 0 spiro atoms. The highest BCUT2D eigenvalue weighted by Gasteiger charge is 2.17. The van der Waals surface area contributed by atoms with E-state index in [1.165, 1.54) is 18.2 Å². The van der Waals surface area contributed by atoms with Gasteiger partial charge < -0.3 is 9.73 Å². The Morgan fingerprint density at radius 2 is 2.19 bits per heavy atom. The van der Waals surface area contributed by atoms with Crippen molar-refractivity contribution < 1.29 is 13.6 Å². The average molecular weight is 221 g/mol. The molecule has 1 aromatic carbocycles. The Morgan fingerprint density at radius 1 is 1.44 bits per heavy atom. The number of carbonyl (C=O) groups is 1. The van der Waals surface area contributed by atoms with Gasteiger partial charge >= 0.3 is 0 Å². The van der Waals surface area contributed by atoms with Crippen molar-refractivity contribution in [2.45, 2.75) is 13.0 Å². The van der Waals surface area contributed by atoms with Crippen molar-refractivity contribution in [3.63, 3.8) is 0 Å². The minimum Gasteiger partial charge on any atom is -0.453 e. The molecule has 84 valence electrons. The Bertz CT molecular complexity index is 533. The molecular formula is C12H12FNO2. The summed E-state index contributed by atoms with van der Waals surface area (Å²) >= 11 is 0. The van der Waals surface area contributed by atoms with E-state index >= 15 is 0 Å². The lowest BCUT2D eigenvalue weighted by Gasteiger charge is -2.04. The first-order valence-electron chi connectivity index (χ1n) is 5.02. The summed E-state index contributed by atoms with van der Waals surface area (Å²) in [6.07, 6.45) is 0. The number of fused-ring (bicyclic) bond motifs is 1. The van der Waals surface area contributed by atoms with Crippen LogP contribution in [0.2, 0.25) is 0 Å². The third-order valence-corrected chi connectivity index (χ3v) is 2.55. The average Bonchev–Trinajstić information content (AvgIpc) is 2.69. The van der Waals surface area contributed by atoms with E-state index in [2.05, 4.69) is 5.32 Å². The molecule has 0 fully saturated rings. The van der Waals surface area contributed by atoms with Gasteiger partial charge in [0.15, 0.2) is 5.76 Å². The normalized spacial score (nSPS) is 12.9. The quantitative estimate of drug-likeness (QED) is 0.809. The maximum atomic E-state index is 12.9. The van der Waals surface area contributed by atoms with E-state index in [1.807, 2.05) is 0 Å². The topological polar surface area (TPSA) is 42.2 Å². The highest BCUT2D eigenvalue weighted by atomic mass is 19.1. The van der Waals surface area contributed by atoms with Gasteiger partial charge in [-0.3, -0.25) is 4.79 Å². The summed E-state index contributed by atoms with van der Waals surface area (Å²) in [5.41, 5.74) is 0.521. The third kappa shape index (κ3) is 1.84. The van der Waals surface area contributed by atoms with E-state index in [0.717, 1.165) is 0 Å². The zero-order valence-corrected chi connectivity index (χ0v) is 9.08. The molecule has 1 unspecified atom stereocenters. The molecule has 0 amide bonds. The predicted octanol–water partition coefficient (Wildman–Crippen LogP) is 2.36. The monoisotopic (exact) mass is 221 g/mol. The van der Waals surface area contributed by atoms with Crippen LogP contribution in [-0.2, 0) is 0 Å². The molecule has 16 heavy (non-hydrogen) atoms. The number of likely N-dealkylation sites (N-methyl/N-ethyl adjacent to an activating group) is 1. The van der Waals surface area contributed by atoms with Crippen LogP contribution < -0.4 is 5.32 Å². The fourth-order valence-electron chi connectivity index (χ4n) is 1.48. The highest BCUT2D eigenvalue weighted by molar-refractivity contribution is 6.00. The zero-order chi connectivity index (χ0) is 11.7. The summed E-state index contributed by atoms with van der Waals surface area (Å²) in [5.74, 6) is -0.226. The van der Waals surface area contributed by atoms with Crippen LogP contribution in [0.15, 0.2) is 28.7 Å². The maximum absolute atomic E-state index is 12.9. The van der Waals surface area contributed by atoms with Crippen molar-refractivity contribution in [3.05, 3.63) is 35.8 Å². The van der Waals surface area contributed by atoms with E-state index in [4.69, 9.17) is 4.42 Å². The number of benzene rings is 1. The van der Waals surface area contributed by atoms with Crippen LogP contribution in [0.1, 0.15) is 17.5 Å². The molecule has 0 saturated heterocycles. The molecule has 0 aliphatic rings. The predicted molar refractivity (Wildman–Crippen MR) is 59.0 cm³/mol. The number of nitrogens with one attached hydrogen (secondary N) is 1. The zero-order valence-electron chi connectivity index (χ0n) is 9.08. The number of carbonyl (C=O) groups excluding carboxylic acids is 1. The van der Waals surface area contributed by atoms with Crippen LogP contribution in [0.4, 0.5) is 4.39 Å². The molecule has 1 aromatic heterocycles. The maximum Gasteiger partial charge on any atom is 0.214 e. The number of hydrogen-bond donors (Lipinski definition) is 1. The molecule has 0 bridgehead atoms. The van der Waals surface area contributed by atoms with Crippen molar-refractivity contribution in [3.8, 4) is 0 Å². The van der Waals surface area contributed by atoms with E-state index in [9.17, 15) is 9.18 Å². The number of furan rings is 1. The van der Waals surface area contributed by atoms with Crippen LogP contribution in [-0.4, -0.2) is 18.9 Å². The summed E-state index contributed by atoms with van der Waals surface area (Å²) in [7, 11) is 1.70. The third-order valence-electron chi connectivity index (χ3n) is 2.55. The largest absolute Gasteiger partial charge is 0.453 e. The van der Waals surface area contributed by atoms with Gasteiger partial charge in [0, 0.05) is 5.39 Å². The van der Waals surface area contributed by atoms with E-state index < -0.39 is 0 Å². The smallest absolute Gasteiger partial charge is 0.214 e. The summed E-state index contributed by atoms with van der Waals surface area (Å²) in [4.78, 5) is 11.8. The Morgan fingerprint density at radius 3 is 2.88 bits per heavy atom. The lowest BCUT2D eigenvalue weighted by molar-refractivity contribution is 0.0929. The van der Waals surface area contributed by atoms with Crippen LogP contribution >= 0.6 is 0 Å². The van der Waals surface area contributed by atoms with Gasteiger partial charge in [0.25, 0.3) is 0 Å². The molecule has 0 aliphatic carbocycles. The summed E-state index contributed by atoms with van der Waals surface area (Å²) < 4.78 is 18.3. The molecule has 3 nitrogen and oxygen atoms in total. The Labute approximate surface area is 92.2 Å². The fourth-order valence-corrected chi connectivity index (χ4v) is 1.48. The minimum atomic E-state index is -0.339. The van der Waals surface area contributed by atoms with Crippen LogP contribution in [0.25, 0.3) is 11.0 Å². The Kier molecular flexibility index (Phi) is 2.75. The van der Waals surface area contributed by atoms with Gasteiger partial charge in [0.1, 0.15) is 11.4 Å². The summed E-state index contributed by atoms with van der Waals surface area (Å²) in [6.45, 7) is 1.75. The van der Waals surface area contributed by atoms with Crippen LogP contribution in [0.3, 0.4) is 0 Å². The van der Waals surface area contributed by atoms with Crippen molar-refractivity contribution in [2.24, 2.45) is 0 Å². The second-order valence-electron chi connectivity index (χ2n) is 3.67. The molecule has 0 aliphatic heterocycles. The van der Waals surface area contributed by atoms with Crippen LogP contribution in [0.5, 0.6) is 0 Å². The number of halogens is 1. The first-order valence-corrected chi connectivity index (χ1v) is 5.02. The first-order chi connectivity index (χ1) is 7.61. The first kappa shape index (κ1) is 10.8. The van der Waals surface area contributed by atoms with Crippen molar-refractivity contribution in [1.82, 2.24) is 5.32 Å². The second kappa shape index (κ2) is 4.06. The summed E-state index contributed by atoms with van der Waals surface area (Å²) in [5, 5.41) is 3.44. The van der Waals surface area contributed by atoms with Gasteiger partial charge in [-0.1, -0.05) is 0 Å². The number of Topliss-reactive ketones (excluding diaryl/α,β-unsaturated/α-hetero) is 1. The molecule has 0 saturated carbocycles. The van der Waals surface area contributed by atoms with Crippen molar-refractivity contribution >= 4 is 16.8 Å². The van der Waals surface area contributed by atoms with Gasteiger partial charge in [-0.15, -0.1) is 0 Å². The SMILES string of the molecule is CNC(C)C(=O)c1cc2cc(F)ccc2o1. The standard InChI is InChI=1S/C12H12FNO2/c1-7(14-2)12(15)11-6-8-5-9(13)3-4-10(8)16-11/h3-7,14H,1-2H3. The Hall–Kier alpha value is -1.68. The van der Waals surface area contributed by atoms with Gasteiger partial charge in [-0.25, -0.2) is 4.39 Å². The molecule has 2 aromatic rings. The minimum absolute atomic E-state index is 0.140. The number of rotatable bonds is 3. The molecule has 1 heterocycles. The molecular weight excluding hydrogens is 209 g/mol. The van der Waals surface area contributed by atoms with E-state index in [1.54, 1.807) is 20.0 Å².